The van der Waals surface area contributed by atoms with Gasteiger partial charge in [0.25, 0.3) is 5.91 Å². The van der Waals surface area contributed by atoms with Gasteiger partial charge in [0.05, 0.1) is 5.69 Å². The maximum absolute atomic E-state index is 12.1. The Morgan fingerprint density at radius 1 is 1.48 bits per heavy atom. The van der Waals surface area contributed by atoms with Crippen LogP contribution in [0.3, 0.4) is 0 Å². The van der Waals surface area contributed by atoms with Gasteiger partial charge in [-0.05, 0) is 50.0 Å². The summed E-state index contributed by atoms with van der Waals surface area (Å²) in [6.07, 6.45) is 2.14. The molecule has 0 bridgehead atoms. The molecule has 7 heteroatoms. The summed E-state index contributed by atoms with van der Waals surface area (Å²) in [6, 6.07) is 5.42. The molecule has 0 saturated carbocycles. The van der Waals surface area contributed by atoms with Crippen molar-refractivity contribution in [1.29, 1.82) is 0 Å². The van der Waals surface area contributed by atoms with Crippen LogP contribution >= 0.6 is 15.9 Å². The van der Waals surface area contributed by atoms with E-state index in [1.807, 2.05) is 6.07 Å². The molecule has 23 heavy (non-hydrogen) atoms. The second-order valence-electron chi connectivity index (χ2n) is 5.88. The molecule has 2 heterocycles. The van der Waals surface area contributed by atoms with Crippen LogP contribution in [-0.2, 0) is 9.59 Å². The highest BCUT2D eigenvalue weighted by atomic mass is 79.9. The maximum Gasteiger partial charge on any atom is 0.265 e. The van der Waals surface area contributed by atoms with Crippen LogP contribution in [0.25, 0.3) is 0 Å². The van der Waals surface area contributed by atoms with Crippen LogP contribution in [-0.4, -0.2) is 44.6 Å². The van der Waals surface area contributed by atoms with Crippen LogP contribution in [0.15, 0.2) is 22.7 Å². The second kappa shape index (κ2) is 7.31. The number of nitrogens with zero attached hydrogens (tertiary/aromatic N) is 1. The average molecular weight is 382 g/mol. The van der Waals surface area contributed by atoms with Crippen LogP contribution in [0.4, 0.5) is 5.69 Å². The van der Waals surface area contributed by atoms with Crippen molar-refractivity contribution in [1.82, 2.24) is 10.6 Å². The molecule has 1 aromatic carbocycles. The highest BCUT2D eigenvalue weighted by Gasteiger charge is 2.27. The van der Waals surface area contributed by atoms with E-state index in [4.69, 9.17) is 4.74 Å². The van der Waals surface area contributed by atoms with E-state index >= 15 is 0 Å². The molecule has 3 rings (SSSR count). The third-order valence-corrected chi connectivity index (χ3v) is 4.70. The molecule has 0 aliphatic carbocycles. The number of anilines is 1. The van der Waals surface area contributed by atoms with E-state index in [1.165, 1.54) is 11.3 Å². The minimum Gasteiger partial charge on any atom is -0.482 e. The summed E-state index contributed by atoms with van der Waals surface area (Å²) >= 11 is 3.37. The van der Waals surface area contributed by atoms with Crippen molar-refractivity contribution in [3.63, 3.8) is 0 Å². The van der Waals surface area contributed by atoms with Crippen LogP contribution < -0.4 is 20.3 Å². The smallest absolute Gasteiger partial charge is 0.265 e. The summed E-state index contributed by atoms with van der Waals surface area (Å²) in [4.78, 5) is 25.7. The number of carbonyl (C=O) groups is 2. The summed E-state index contributed by atoms with van der Waals surface area (Å²) in [6.45, 7) is 2.73. The Hall–Kier alpha value is -1.60. The Balaban J connectivity index is 1.56. The van der Waals surface area contributed by atoms with Gasteiger partial charge < -0.3 is 15.4 Å². The summed E-state index contributed by atoms with van der Waals surface area (Å²) in [5.74, 6) is 0.914. The van der Waals surface area contributed by atoms with Crippen molar-refractivity contribution in [2.75, 3.05) is 37.7 Å². The van der Waals surface area contributed by atoms with E-state index in [9.17, 15) is 9.59 Å². The van der Waals surface area contributed by atoms with Crippen LogP contribution in [0.2, 0.25) is 0 Å². The van der Waals surface area contributed by atoms with Gasteiger partial charge in [0.15, 0.2) is 6.61 Å². The molecular weight excluding hydrogens is 362 g/mol. The number of halogens is 1. The molecule has 0 spiro atoms. The summed E-state index contributed by atoms with van der Waals surface area (Å²) in [7, 11) is 0. The quantitative estimate of drug-likeness (QED) is 0.805. The minimum atomic E-state index is -0.199. The summed E-state index contributed by atoms with van der Waals surface area (Å²) in [5, 5.41) is 6.22. The van der Waals surface area contributed by atoms with Gasteiger partial charge in [-0.3, -0.25) is 14.5 Å². The molecule has 1 atom stereocenters. The lowest BCUT2D eigenvalue weighted by atomic mass is 10.1. The zero-order valence-electron chi connectivity index (χ0n) is 12.8. The minimum absolute atomic E-state index is 0.0275. The normalized spacial score (nSPS) is 20.1. The lowest BCUT2D eigenvalue weighted by Crippen LogP contribution is -2.45. The van der Waals surface area contributed by atoms with E-state index in [0.29, 0.717) is 23.9 Å². The lowest BCUT2D eigenvalue weighted by Gasteiger charge is -2.29. The Morgan fingerprint density at radius 2 is 2.35 bits per heavy atom. The summed E-state index contributed by atoms with van der Waals surface area (Å²) < 4.78 is 6.29. The first-order valence-corrected chi connectivity index (χ1v) is 8.63. The Labute approximate surface area is 143 Å². The number of hydrogen-bond acceptors (Lipinski definition) is 4. The molecule has 2 amide bonds. The van der Waals surface area contributed by atoms with E-state index in [-0.39, 0.29) is 25.0 Å². The first-order valence-electron chi connectivity index (χ1n) is 7.83. The molecule has 2 aliphatic heterocycles. The molecule has 124 valence electrons. The maximum atomic E-state index is 12.1. The molecule has 1 fully saturated rings. The van der Waals surface area contributed by atoms with Gasteiger partial charge in [0.2, 0.25) is 5.91 Å². The highest BCUT2D eigenvalue weighted by molar-refractivity contribution is 9.10. The predicted molar refractivity (Wildman–Crippen MR) is 90.6 cm³/mol. The molecule has 1 aromatic rings. The number of hydrogen-bond donors (Lipinski definition) is 2. The first kappa shape index (κ1) is 16.3. The topological polar surface area (TPSA) is 70.7 Å². The van der Waals surface area contributed by atoms with E-state index in [0.717, 1.165) is 24.0 Å². The van der Waals surface area contributed by atoms with Gasteiger partial charge in [0, 0.05) is 11.0 Å². The van der Waals surface area contributed by atoms with Crippen LogP contribution in [0.5, 0.6) is 5.75 Å². The fourth-order valence-corrected chi connectivity index (χ4v) is 3.27. The van der Waals surface area contributed by atoms with Gasteiger partial charge in [-0.1, -0.05) is 15.9 Å². The van der Waals surface area contributed by atoms with Crippen molar-refractivity contribution in [3.8, 4) is 5.75 Å². The standard InChI is InChI=1S/C16H20BrN3O3/c17-12-1-2-13-14(7-12)23-10-16(22)20(13)9-15(21)19-6-4-11-3-5-18-8-11/h1-2,7,11,18H,3-6,8-10H2,(H,19,21). The largest absolute Gasteiger partial charge is 0.482 e. The highest BCUT2D eigenvalue weighted by Crippen LogP contribution is 2.34. The monoisotopic (exact) mass is 381 g/mol. The number of amides is 2. The second-order valence-corrected chi connectivity index (χ2v) is 6.79. The van der Waals surface area contributed by atoms with Crippen LogP contribution in [0.1, 0.15) is 12.8 Å². The number of carbonyl (C=O) groups excluding carboxylic acids is 2. The lowest BCUT2D eigenvalue weighted by molar-refractivity contribution is -0.125. The molecule has 0 aromatic heterocycles. The zero-order chi connectivity index (χ0) is 16.2. The van der Waals surface area contributed by atoms with Crippen molar-refractivity contribution in [2.45, 2.75) is 12.8 Å². The number of nitrogens with one attached hydrogen (secondary N) is 2. The van der Waals surface area contributed by atoms with Gasteiger partial charge >= 0.3 is 0 Å². The van der Waals surface area contributed by atoms with Crippen molar-refractivity contribution in [3.05, 3.63) is 22.7 Å². The molecule has 1 saturated heterocycles. The van der Waals surface area contributed by atoms with Gasteiger partial charge in [-0.25, -0.2) is 0 Å². The first-order chi connectivity index (χ1) is 11.1. The fourth-order valence-electron chi connectivity index (χ4n) is 2.93. The number of benzene rings is 1. The molecule has 6 nitrogen and oxygen atoms in total. The predicted octanol–water partition coefficient (Wildman–Crippen LogP) is 1.29. The molecular formula is C16H20BrN3O3. The Morgan fingerprint density at radius 3 is 3.13 bits per heavy atom. The van der Waals surface area contributed by atoms with Gasteiger partial charge in [-0.15, -0.1) is 0 Å². The van der Waals surface area contributed by atoms with Crippen molar-refractivity contribution < 1.29 is 14.3 Å². The SMILES string of the molecule is O=C(CN1C(=O)COc2cc(Br)ccc21)NCCC1CCNC1. The van der Waals surface area contributed by atoms with Crippen molar-refractivity contribution in [2.24, 2.45) is 5.92 Å². The molecule has 2 aliphatic rings. The zero-order valence-corrected chi connectivity index (χ0v) is 14.4. The average Bonchev–Trinajstić information content (AvgIpc) is 3.03. The van der Waals surface area contributed by atoms with E-state index < -0.39 is 0 Å². The third-order valence-electron chi connectivity index (χ3n) is 4.20. The molecule has 0 radical (unpaired) electrons. The fraction of sp³-hybridized carbons (Fsp3) is 0.500. The Kier molecular flexibility index (Phi) is 5.17. The van der Waals surface area contributed by atoms with Gasteiger partial charge in [0.1, 0.15) is 12.3 Å². The van der Waals surface area contributed by atoms with Crippen LogP contribution in [0, 0.1) is 5.92 Å². The number of ether oxygens (including phenoxy) is 1. The number of fused-ring (bicyclic) bond motifs is 1. The Bertz CT molecular complexity index is 602. The van der Waals surface area contributed by atoms with Crippen molar-refractivity contribution >= 4 is 33.4 Å². The third kappa shape index (κ3) is 4.03. The van der Waals surface area contributed by atoms with Gasteiger partial charge in [-0.2, -0.15) is 0 Å². The molecule has 2 N–H and O–H groups in total. The van der Waals surface area contributed by atoms with E-state index in [1.54, 1.807) is 12.1 Å². The molecule has 1 unspecified atom stereocenters. The number of rotatable bonds is 5. The van der Waals surface area contributed by atoms with E-state index in [2.05, 4.69) is 26.6 Å². The summed E-state index contributed by atoms with van der Waals surface area (Å²) in [5.41, 5.74) is 0.639.